The first-order chi connectivity index (χ1) is 11.3. The molecule has 0 spiro atoms. The van der Waals surface area contributed by atoms with Gasteiger partial charge in [-0.05, 0) is 24.8 Å². The van der Waals surface area contributed by atoms with Gasteiger partial charge in [-0.15, -0.1) is 11.6 Å². The van der Waals surface area contributed by atoms with E-state index in [0.717, 1.165) is 30.0 Å². The highest BCUT2D eigenvalue weighted by atomic mass is 35.5. The van der Waals surface area contributed by atoms with Crippen LogP contribution < -0.4 is 0 Å². The van der Waals surface area contributed by atoms with E-state index in [0.29, 0.717) is 12.8 Å². The molecule has 1 atom stereocenters. The Hall–Kier alpha value is -1.32. The summed E-state index contributed by atoms with van der Waals surface area (Å²) in [5.74, 6) is 0.925. The fraction of sp³-hybridized carbons (Fsp3) is 0.526. The van der Waals surface area contributed by atoms with Gasteiger partial charge in [-0.1, -0.05) is 43.6 Å². The van der Waals surface area contributed by atoms with Gasteiger partial charge < -0.3 is 4.74 Å². The lowest BCUT2D eigenvalue weighted by Gasteiger charge is -2.37. The van der Waals surface area contributed by atoms with Crippen molar-refractivity contribution in [2.75, 3.05) is 13.3 Å². The van der Waals surface area contributed by atoms with E-state index < -0.39 is 0 Å². The molecule has 1 fully saturated rings. The van der Waals surface area contributed by atoms with Crippen molar-refractivity contribution in [1.29, 1.82) is 0 Å². The van der Waals surface area contributed by atoms with E-state index >= 15 is 0 Å². The van der Waals surface area contributed by atoms with Crippen molar-refractivity contribution >= 4 is 17.3 Å². The molecule has 0 saturated heterocycles. The molecule has 0 N–H and O–H groups in total. The van der Waals surface area contributed by atoms with Crippen molar-refractivity contribution in [2.24, 2.45) is 4.99 Å². The molecule has 0 bridgehead atoms. The summed E-state index contributed by atoms with van der Waals surface area (Å²) >= 11 is 6.56. The SMILES string of the molecule is ClC1C=CC2=C(OCN(C3CCCCC3)C2)C2=NC=CCC=C21. The molecule has 0 aromatic rings. The summed E-state index contributed by atoms with van der Waals surface area (Å²) in [6, 6.07) is 0.659. The Morgan fingerprint density at radius 1 is 1.22 bits per heavy atom. The first kappa shape index (κ1) is 15.2. The number of aliphatic imine (C=N–C) groups is 1. The van der Waals surface area contributed by atoms with E-state index in [1.165, 1.54) is 37.7 Å². The Morgan fingerprint density at radius 3 is 2.96 bits per heavy atom. The van der Waals surface area contributed by atoms with E-state index in [1.54, 1.807) is 0 Å². The van der Waals surface area contributed by atoms with Crippen LogP contribution in [0.25, 0.3) is 0 Å². The first-order valence-electron chi connectivity index (χ1n) is 8.69. The molecule has 0 radical (unpaired) electrons. The Bertz CT molecular complexity index is 623. The van der Waals surface area contributed by atoms with E-state index in [4.69, 9.17) is 16.3 Å². The molecule has 4 rings (SSSR count). The van der Waals surface area contributed by atoms with Gasteiger partial charge in [-0.2, -0.15) is 0 Å². The van der Waals surface area contributed by atoms with Gasteiger partial charge in [0.2, 0.25) is 0 Å². The summed E-state index contributed by atoms with van der Waals surface area (Å²) in [5, 5.41) is -0.133. The molecule has 3 nitrogen and oxygen atoms in total. The standard InChI is InChI=1S/C19H23ClN2O/c20-17-10-9-14-12-22(15-6-2-1-3-7-15)13-23-19(14)18-16(17)8-4-5-11-21-18/h5,8-11,15,17H,1-4,6-7,12-13H2. The van der Waals surface area contributed by atoms with Crippen molar-refractivity contribution in [3.8, 4) is 0 Å². The number of allylic oxidation sites excluding steroid dienone is 4. The molecule has 23 heavy (non-hydrogen) atoms. The molecule has 2 aliphatic heterocycles. The average Bonchev–Trinajstić information content (AvgIpc) is 2.91. The molecule has 0 amide bonds. The van der Waals surface area contributed by atoms with E-state index in [2.05, 4.69) is 34.2 Å². The number of alkyl halides is 1. The number of fused-ring (bicyclic) bond motifs is 2. The quantitative estimate of drug-likeness (QED) is 0.669. The lowest BCUT2D eigenvalue weighted by atomic mass is 9.93. The third-order valence-electron chi connectivity index (χ3n) is 5.17. The normalized spacial score (nSPS) is 29.0. The second-order valence-corrected chi connectivity index (χ2v) is 7.16. The molecule has 4 heteroatoms. The minimum atomic E-state index is -0.133. The zero-order valence-electron chi connectivity index (χ0n) is 13.4. The summed E-state index contributed by atoms with van der Waals surface area (Å²) in [6.45, 7) is 1.61. The molecule has 1 unspecified atom stereocenters. The third kappa shape index (κ3) is 3.05. The summed E-state index contributed by atoms with van der Waals surface area (Å²) in [4.78, 5) is 7.10. The summed E-state index contributed by atoms with van der Waals surface area (Å²) in [7, 11) is 0. The largest absolute Gasteiger partial charge is 0.476 e. The molecule has 122 valence electrons. The van der Waals surface area contributed by atoms with Crippen LogP contribution in [0.2, 0.25) is 0 Å². The lowest BCUT2D eigenvalue weighted by Crippen LogP contribution is -2.42. The number of hydrogen-bond donors (Lipinski definition) is 0. The molecule has 1 saturated carbocycles. The van der Waals surface area contributed by atoms with E-state index in [9.17, 15) is 0 Å². The van der Waals surface area contributed by atoms with Crippen LogP contribution in [0.4, 0.5) is 0 Å². The summed E-state index contributed by atoms with van der Waals surface area (Å²) in [6.07, 6.45) is 17.8. The van der Waals surface area contributed by atoms with Crippen LogP contribution in [-0.2, 0) is 4.74 Å². The zero-order chi connectivity index (χ0) is 15.6. The first-order valence-corrected chi connectivity index (χ1v) is 9.12. The maximum atomic E-state index is 6.56. The van der Waals surface area contributed by atoms with E-state index in [1.807, 2.05) is 6.20 Å². The maximum absolute atomic E-state index is 6.56. The number of hydrogen-bond acceptors (Lipinski definition) is 3. The monoisotopic (exact) mass is 330 g/mol. The Balaban J connectivity index is 1.64. The molecule has 0 aromatic heterocycles. The van der Waals surface area contributed by atoms with Crippen molar-refractivity contribution < 1.29 is 4.74 Å². The van der Waals surface area contributed by atoms with Crippen LogP contribution in [0, 0.1) is 0 Å². The number of ether oxygens (including phenoxy) is 1. The smallest absolute Gasteiger partial charge is 0.151 e. The van der Waals surface area contributed by atoms with Crippen molar-refractivity contribution in [2.45, 2.75) is 49.9 Å². The Kier molecular flexibility index (Phi) is 4.41. The van der Waals surface area contributed by atoms with Gasteiger partial charge in [0.05, 0.1) is 5.38 Å². The highest BCUT2D eigenvalue weighted by molar-refractivity contribution is 6.30. The highest BCUT2D eigenvalue weighted by Gasteiger charge is 2.32. The highest BCUT2D eigenvalue weighted by Crippen LogP contribution is 2.32. The summed E-state index contributed by atoms with van der Waals surface area (Å²) < 4.78 is 6.19. The second-order valence-electron chi connectivity index (χ2n) is 6.69. The van der Waals surface area contributed by atoms with Crippen LogP contribution in [-0.4, -0.2) is 35.3 Å². The van der Waals surface area contributed by atoms with Crippen LogP contribution >= 0.6 is 11.6 Å². The van der Waals surface area contributed by atoms with Crippen LogP contribution in [0.1, 0.15) is 38.5 Å². The molecule has 2 heterocycles. The minimum absolute atomic E-state index is 0.133. The topological polar surface area (TPSA) is 24.8 Å². The van der Waals surface area contributed by atoms with Gasteiger partial charge in [0.1, 0.15) is 12.4 Å². The summed E-state index contributed by atoms with van der Waals surface area (Å²) in [5.41, 5.74) is 3.20. The molecular formula is C19H23ClN2O. The van der Waals surface area contributed by atoms with Gasteiger partial charge >= 0.3 is 0 Å². The van der Waals surface area contributed by atoms with Crippen LogP contribution in [0.15, 0.2) is 52.4 Å². The van der Waals surface area contributed by atoms with Gasteiger partial charge in [0.15, 0.2) is 5.76 Å². The minimum Gasteiger partial charge on any atom is -0.476 e. The molecule has 4 aliphatic rings. The van der Waals surface area contributed by atoms with Crippen LogP contribution in [0.3, 0.4) is 0 Å². The fourth-order valence-corrected chi connectivity index (χ4v) is 4.16. The predicted molar refractivity (Wildman–Crippen MR) is 94.6 cm³/mol. The van der Waals surface area contributed by atoms with Gasteiger partial charge in [-0.25, -0.2) is 0 Å². The zero-order valence-corrected chi connectivity index (χ0v) is 14.1. The average molecular weight is 331 g/mol. The van der Waals surface area contributed by atoms with Gasteiger partial charge in [0.25, 0.3) is 0 Å². The fourth-order valence-electron chi connectivity index (χ4n) is 3.90. The Labute approximate surface area is 143 Å². The van der Waals surface area contributed by atoms with Crippen molar-refractivity contribution in [3.63, 3.8) is 0 Å². The van der Waals surface area contributed by atoms with Crippen molar-refractivity contribution in [1.82, 2.24) is 4.90 Å². The molecule has 0 aromatic carbocycles. The molecular weight excluding hydrogens is 308 g/mol. The number of halogens is 1. The predicted octanol–water partition coefficient (Wildman–Crippen LogP) is 4.32. The maximum Gasteiger partial charge on any atom is 0.151 e. The third-order valence-corrected chi connectivity index (χ3v) is 5.55. The number of nitrogens with zero attached hydrogens (tertiary/aromatic N) is 2. The van der Waals surface area contributed by atoms with Gasteiger partial charge in [-0.3, -0.25) is 9.89 Å². The van der Waals surface area contributed by atoms with Crippen LogP contribution in [0.5, 0.6) is 0 Å². The molecule has 2 aliphatic carbocycles. The lowest BCUT2D eigenvalue weighted by molar-refractivity contribution is 0.0251. The number of rotatable bonds is 1. The van der Waals surface area contributed by atoms with Crippen molar-refractivity contribution in [3.05, 3.63) is 47.4 Å². The second kappa shape index (κ2) is 6.66. The van der Waals surface area contributed by atoms with Gasteiger partial charge in [0, 0.05) is 24.4 Å². The Morgan fingerprint density at radius 2 is 2.09 bits per heavy atom. The van der Waals surface area contributed by atoms with E-state index in [-0.39, 0.29) is 5.38 Å².